The van der Waals surface area contributed by atoms with E-state index in [1.807, 2.05) is 57.4 Å². The van der Waals surface area contributed by atoms with E-state index in [1.54, 1.807) is 54.6 Å². The number of amides is 2. The summed E-state index contributed by atoms with van der Waals surface area (Å²) in [6, 6.07) is 27.0. The molecule has 0 bridgehead atoms. The minimum absolute atomic E-state index is 0.00171. The number of thioether (sulfide) groups is 1. The van der Waals surface area contributed by atoms with Gasteiger partial charge in [-0.05, 0) is 79.3 Å². The van der Waals surface area contributed by atoms with Gasteiger partial charge in [-0.2, -0.15) is 0 Å². The Morgan fingerprint density at radius 2 is 1.54 bits per heavy atom. The summed E-state index contributed by atoms with van der Waals surface area (Å²) in [5.74, 6) is -0.946. The van der Waals surface area contributed by atoms with E-state index in [0.717, 1.165) is 14.8 Å². The highest BCUT2D eigenvalue weighted by molar-refractivity contribution is 7.98. The summed E-state index contributed by atoms with van der Waals surface area (Å²) in [6.07, 6.45) is 2.03. The van der Waals surface area contributed by atoms with Gasteiger partial charge in [-0.15, -0.1) is 11.8 Å². The zero-order valence-electron chi connectivity index (χ0n) is 27.6. The highest BCUT2D eigenvalue weighted by Gasteiger charge is 2.35. The molecular formula is C37H42FN3O5S2. The first-order valence-electron chi connectivity index (χ1n) is 15.8. The van der Waals surface area contributed by atoms with Crippen molar-refractivity contribution in [3.63, 3.8) is 0 Å². The number of nitrogens with one attached hydrogen (secondary N) is 1. The van der Waals surface area contributed by atoms with E-state index in [9.17, 15) is 18.0 Å². The molecule has 0 spiro atoms. The van der Waals surface area contributed by atoms with Crippen LogP contribution in [0.3, 0.4) is 0 Å². The maximum atomic E-state index is 15.1. The molecule has 0 aromatic heterocycles. The number of rotatable bonds is 16. The number of hydrogen-bond donors (Lipinski definition) is 1. The number of anilines is 1. The highest BCUT2D eigenvalue weighted by atomic mass is 32.2. The van der Waals surface area contributed by atoms with Crippen molar-refractivity contribution in [1.82, 2.24) is 10.2 Å². The quantitative estimate of drug-likeness (QED) is 0.134. The zero-order chi connectivity index (χ0) is 34.7. The number of carbonyl (C=O) groups excluding carboxylic acids is 2. The molecule has 0 fully saturated rings. The molecule has 0 heterocycles. The number of halogens is 1. The van der Waals surface area contributed by atoms with Crippen LogP contribution in [0.1, 0.15) is 31.9 Å². The Hall–Kier alpha value is -4.35. The van der Waals surface area contributed by atoms with Gasteiger partial charge in [0, 0.05) is 30.0 Å². The maximum absolute atomic E-state index is 15.1. The molecule has 8 nitrogen and oxygen atoms in total. The largest absolute Gasteiger partial charge is 0.494 e. The van der Waals surface area contributed by atoms with Gasteiger partial charge in [-0.3, -0.25) is 13.9 Å². The SMILES string of the molecule is CCOc1ccc(N(CC(=O)N(Cc2ccccc2F)C(Cc2ccccc2)C(=O)NCC(C)C)S(=O)(=O)c2ccc(SC)cc2)cc1. The van der Waals surface area contributed by atoms with Crippen LogP contribution in [0.2, 0.25) is 0 Å². The van der Waals surface area contributed by atoms with Crippen molar-refractivity contribution >= 4 is 39.3 Å². The van der Waals surface area contributed by atoms with E-state index in [2.05, 4.69) is 5.32 Å². The second kappa shape index (κ2) is 17.2. The Morgan fingerprint density at radius 1 is 0.896 bits per heavy atom. The van der Waals surface area contributed by atoms with Crippen LogP contribution in [-0.2, 0) is 32.6 Å². The van der Waals surface area contributed by atoms with Gasteiger partial charge in [-0.1, -0.05) is 62.4 Å². The average Bonchev–Trinajstić information content (AvgIpc) is 3.09. The Kier molecular flexibility index (Phi) is 13.0. The first kappa shape index (κ1) is 36.5. The summed E-state index contributed by atoms with van der Waals surface area (Å²) in [7, 11) is -4.28. The zero-order valence-corrected chi connectivity index (χ0v) is 29.3. The molecule has 11 heteroatoms. The molecule has 0 saturated carbocycles. The van der Waals surface area contributed by atoms with Crippen molar-refractivity contribution in [2.75, 3.05) is 30.3 Å². The second-order valence-corrected chi connectivity index (χ2v) is 14.3. The third kappa shape index (κ3) is 9.60. The minimum atomic E-state index is -4.28. The summed E-state index contributed by atoms with van der Waals surface area (Å²) >= 11 is 1.48. The fourth-order valence-corrected chi connectivity index (χ4v) is 6.89. The molecule has 0 aliphatic rings. The first-order chi connectivity index (χ1) is 23.0. The summed E-state index contributed by atoms with van der Waals surface area (Å²) in [5.41, 5.74) is 1.22. The number of benzene rings is 4. The summed E-state index contributed by atoms with van der Waals surface area (Å²) in [6.45, 7) is 5.66. The van der Waals surface area contributed by atoms with Gasteiger partial charge in [0.1, 0.15) is 24.2 Å². The Bertz CT molecular complexity index is 1750. The molecule has 0 aliphatic heterocycles. The van der Waals surface area contributed by atoms with Crippen LogP contribution in [0.25, 0.3) is 0 Å². The number of carbonyl (C=O) groups is 2. The van der Waals surface area contributed by atoms with Crippen molar-refractivity contribution in [1.29, 1.82) is 0 Å². The molecule has 254 valence electrons. The lowest BCUT2D eigenvalue weighted by molar-refractivity contribution is -0.140. The predicted molar refractivity (Wildman–Crippen MR) is 189 cm³/mol. The monoisotopic (exact) mass is 691 g/mol. The van der Waals surface area contributed by atoms with Crippen molar-refractivity contribution in [2.24, 2.45) is 5.92 Å². The highest BCUT2D eigenvalue weighted by Crippen LogP contribution is 2.28. The number of hydrogen-bond acceptors (Lipinski definition) is 6. The third-order valence-corrected chi connectivity index (χ3v) is 10.1. The van der Waals surface area contributed by atoms with E-state index in [1.165, 1.54) is 34.9 Å². The number of ether oxygens (including phenoxy) is 1. The number of sulfonamides is 1. The van der Waals surface area contributed by atoms with Crippen LogP contribution in [0.15, 0.2) is 113 Å². The molecule has 1 atom stereocenters. The van der Waals surface area contributed by atoms with Crippen LogP contribution in [0.4, 0.5) is 10.1 Å². The summed E-state index contributed by atoms with van der Waals surface area (Å²) in [4.78, 5) is 30.6. The molecule has 1 unspecified atom stereocenters. The fraction of sp³-hybridized carbons (Fsp3) is 0.297. The third-order valence-electron chi connectivity index (χ3n) is 7.62. The van der Waals surface area contributed by atoms with Crippen molar-refractivity contribution < 1.29 is 27.1 Å². The molecule has 4 aromatic rings. The van der Waals surface area contributed by atoms with Gasteiger partial charge in [0.05, 0.1) is 17.2 Å². The molecule has 0 radical (unpaired) electrons. The lowest BCUT2D eigenvalue weighted by Gasteiger charge is -2.34. The van der Waals surface area contributed by atoms with Crippen LogP contribution >= 0.6 is 11.8 Å². The maximum Gasteiger partial charge on any atom is 0.264 e. The molecule has 4 aromatic carbocycles. The van der Waals surface area contributed by atoms with Gasteiger partial charge < -0.3 is 15.0 Å². The normalized spacial score (nSPS) is 12.0. The summed E-state index contributed by atoms with van der Waals surface area (Å²) < 4.78 is 50.2. The van der Waals surface area contributed by atoms with Crippen LogP contribution in [0, 0.1) is 11.7 Å². The van der Waals surface area contributed by atoms with Gasteiger partial charge in [0.2, 0.25) is 11.8 Å². The van der Waals surface area contributed by atoms with Gasteiger partial charge in [-0.25, -0.2) is 12.8 Å². The van der Waals surface area contributed by atoms with Crippen molar-refractivity contribution in [3.8, 4) is 5.75 Å². The topological polar surface area (TPSA) is 96.0 Å². The van der Waals surface area contributed by atoms with Crippen molar-refractivity contribution in [2.45, 2.75) is 49.6 Å². The average molecular weight is 692 g/mol. The lowest BCUT2D eigenvalue weighted by Crippen LogP contribution is -2.53. The molecule has 0 saturated heterocycles. The molecular weight excluding hydrogens is 650 g/mol. The van der Waals surface area contributed by atoms with Gasteiger partial charge in [0.15, 0.2) is 0 Å². The van der Waals surface area contributed by atoms with E-state index in [0.29, 0.717) is 18.9 Å². The molecule has 48 heavy (non-hydrogen) atoms. The smallest absolute Gasteiger partial charge is 0.264 e. The summed E-state index contributed by atoms with van der Waals surface area (Å²) in [5, 5.41) is 2.93. The molecule has 0 aliphatic carbocycles. The van der Waals surface area contributed by atoms with E-state index in [4.69, 9.17) is 4.74 Å². The predicted octanol–water partition coefficient (Wildman–Crippen LogP) is 6.55. The van der Waals surface area contributed by atoms with Crippen LogP contribution in [0.5, 0.6) is 5.75 Å². The van der Waals surface area contributed by atoms with Crippen LogP contribution in [-0.4, -0.2) is 57.1 Å². The first-order valence-corrected chi connectivity index (χ1v) is 18.4. The van der Waals surface area contributed by atoms with E-state index >= 15 is 4.39 Å². The van der Waals surface area contributed by atoms with Gasteiger partial charge >= 0.3 is 0 Å². The molecule has 1 N–H and O–H groups in total. The Labute approximate surface area is 287 Å². The van der Waals surface area contributed by atoms with Crippen molar-refractivity contribution in [3.05, 3.63) is 120 Å². The molecule has 2 amide bonds. The fourth-order valence-electron chi connectivity index (χ4n) is 5.07. The Balaban J connectivity index is 1.81. The molecule has 4 rings (SSSR count). The Morgan fingerprint density at radius 3 is 2.15 bits per heavy atom. The van der Waals surface area contributed by atoms with Crippen LogP contribution < -0.4 is 14.4 Å². The number of nitrogens with zero attached hydrogens (tertiary/aromatic N) is 2. The standard InChI is InChI=1S/C37H42FN3O5S2/c1-5-46-31-17-15-30(16-18-31)41(48(44,45)33-21-19-32(47-4)20-22-33)26-36(42)40(25-29-13-9-10-14-34(29)38)35(37(43)39-24-27(2)3)23-28-11-7-6-8-12-28/h6-22,27,35H,5,23-26H2,1-4H3,(H,39,43). The lowest BCUT2D eigenvalue weighted by atomic mass is 10.0. The van der Waals surface area contributed by atoms with E-state index < -0.39 is 40.2 Å². The second-order valence-electron chi connectivity index (χ2n) is 11.6. The minimum Gasteiger partial charge on any atom is -0.494 e. The van der Waals surface area contributed by atoms with Gasteiger partial charge in [0.25, 0.3) is 10.0 Å². The van der Waals surface area contributed by atoms with E-state index in [-0.39, 0.29) is 35.0 Å².